The maximum Gasteiger partial charge on any atom is 0.371 e. The van der Waals surface area contributed by atoms with Crippen LogP contribution < -0.4 is 0 Å². The quantitative estimate of drug-likeness (QED) is 0.595. The van der Waals surface area contributed by atoms with Gasteiger partial charge < -0.3 is 34.3 Å². The van der Waals surface area contributed by atoms with Gasteiger partial charge in [-0.05, 0) is 25.0 Å². The smallest absolute Gasteiger partial charge is 0.371 e. The van der Waals surface area contributed by atoms with Crippen molar-refractivity contribution in [2.45, 2.75) is 37.6 Å². The molecule has 1 unspecified atom stereocenters. The molecule has 0 radical (unpaired) electrons. The Bertz CT molecular complexity index is 547. The van der Waals surface area contributed by atoms with Crippen molar-refractivity contribution in [1.29, 1.82) is 0 Å². The minimum Gasteiger partial charge on any atom is -0.479 e. The van der Waals surface area contributed by atoms with Gasteiger partial charge in [-0.25, -0.2) is 14.4 Å². The summed E-state index contributed by atoms with van der Waals surface area (Å²) >= 11 is 0. The molecule has 0 saturated carbocycles. The predicted molar refractivity (Wildman–Crippen MR) is 80.3 cm³/mol. The number of hydrogen-bond acceptors (Lipinski definition) is 7. The summed E-state index contributed by atoms with van der Waals surface area (Å²) in [6, 6.07) is 2.92. The van der Waals surface area contributed by atoms with Crippen LogP contribution in [0.2, 0.25) is 0 Å². The van der Waals surface area contributed by atoms with Crippen LogP contribution in [0.5, 0.6) is 0 Å². The summed E-state index contributed by atoms with van der Waals surface area (Å²) in [4.78, 5) is 30.2. The zero-order valence-corrected chi connectivity index (χ0v) is 13.2. The van der Waals surface area contributed by atoms with E-state index in [4.69, 9.17) is 25.2 Å². The molecule has 4 N–H and O–H groups in total. The first-order valence-corrected chi connectivity index (χ1v) is 7.45. The monoisotopic (exact) mass is 360 g/mol. The number of carboxylic acid groups (broad SMARTS) is 3. The number of rotatable bonds is 3. The van der Waals surface area contributed by atoms with Gasteiger partial charge in [-0.2, -0.15) is 0 Å². The van der Waals surface area contributed by atoms with Crippen LogP contribution in [0.3, 0.4) is 0 Å². The molecule has 3 heterocycles. The second-order valence-electron chi connectivity index (χ2n) is 5.17. The van der Waals surface area contributed by atoms with E-state index in [1.165, 1.54) is 18.4 Å². The summed E-state index contributed by atoms with van der Waals surface area (Å²) in [5, 5.41) is 33.5. The third kappa shape index (κ3) is 7.79. The maximum atomic E-state index is 10.1. The molecule has 2 fully saturated rings. The van der Waals surface area contributed by atoms with Crippen LogP contribution in [-0.4, -0.2) is 69.9 Å². The summed E-state index contributed by atoms with van der Waals surface area (Å²) in [6.45, 7) is 0.758. The summed E-state index contributed by atoms with van der Waals surface area (Å²) in [7, 11) is 0. The summed E-state index contributed by atoms with van der Waals surface area (Å²) in [5.74, 6) is -2.88. The number of hydrogen-bond donors (Lipinski definition) is 4. The third-order valence-corrected chi connectivity index (χ3v) is 3.19. The lowest BCUT2D eigenvalue weighted by atomic mass is 10.2. The first-order chi connectivity index (χ1) is 11.8. The predicted octanol–water partition coefficient (Wildman–Crippen LogP) is 0.449. The zero-order valence-electron chi connectivity index (χ0n) is 13.2. The molecule has 0 amide bonds. The highest BCUT2D eigenvalue weighted by molar-refractivity contribution is 5.84. The molecule has 3 rings (SSSR count). The lowest BCUT2D eigenvalue weighted by Crippen LogP contribution is -2.18. The highest BCUT2D eigenvalue weighted by atomic mass is 16.5. The molecule has 0 spiro atoms. The van der Waals surface area contributed by atoms with Crippen molar-refractivity contribution in [2.75, 3.05) is 13.2 Å². The van der Waals surface area contributed by atoms with Crippen LogP contribution in [0.4, 0.5) is 0 Å². The van der Waals surface area contributed by atoms with E-state index in [-0.39, 0.29) is 18.8 Å². The Kier molecular flexibility index (Phi) is 8.61. The van der Waals surface area contributed by atoms with Gasteiger partial charge in [-0.3, -0.25) is 0 Å². The van der Waals surface area contributed by atoms with E-state index in [1.807, 2.05) is 0 Å². The first kappa shape index (κ1) is 20.6. The molecule has 25 heavy (non-hydrogen) atoms. The second-order valence-corrected chi connectivity index (χ2v) is 5.17. The Hall–Kier alpha value is -2.43. The fourth-order valence-electron chi connectivity index (χ4n) is 1.96. The van der Waals surface area contributed by atoms with Crippen molar-refractivity contribution in [3.8, 4) is 0 Å². The van der Waals surface area contributed by atoms with E-state index < -0.39 is 36.2 Å². The van der Waals surface area contributed by atoms with Crippen LogP contribution in [0.15, 0.2) is 22.8 Å². The third-order valence-electron chi connectivity index (χ3n) is 3.19. The maximum absolute atomic E-state index is 10.1. The molecule has 1 aromatic heterocycles. The number of furan rings is 1. The Labute approximate surface area is 142 Å². The van der Waals surface area contributed by atoms with Gasteiger partial charge in [0, 0.05) is 13.0 Å². The molecular weight excluding hydrogens is 340 g/mol. The van der Waals surface area contributed by atoms with Crippen molar-refractivity contribution in [3.63, 3.8) is 0 Å². The molecule has 1 aromatic rings. The SMILES string of the molecule is O=C(O)C1CCCO1.O=C(O)[C@@H]1C[C@@H](O)CO1.O=C(O)c1ccco1. The van der Waals surface area contributed by atoms with E-state index in [0.29, 0.717) is 13.0 Å². The normalized spacial score (nSPS) is 24.4. The molecule has 0 aromatic carbocycles. The van der Waals surface area contributed by atoms with Gasteiger partial charge in [0.25, 0.3) is 0 Å². The number of ether oxygens (including phenoxy) is 2. The lowest BCUT2D eigenvalue weighted by Gasteiger charge is -1.98. The van der Waals surface area contributed by atoms with Gasteiger partial charge in [0.2, 0.25) is 5.76 Å². The number of aliphatic hydroxyl groups excluding tert-OH is 1. The van der Waals surface area contributed by atoms with E-state index in [9.17, 15) is 14.4 Å². The van der Waals surface area contributed by atoms with Gasteiger partial charge in [0.1, 0.15) is 0 Å². The Morgan fingerprint density at radius 2 is 1.72 bits per heavy atom. The molecule has 3 atom stereocenters. The largest absolute Gasteiger partial charge is 0.479 e. The average molecular weight is 360 g/mol. The highest BCUT2D eigenvalue weighted by Gasteiger charge is 2.28. The Morgan fingerprint density at radius 1 is 1.04 bits per heavy atom. The van der Waals surface area contributed by atoms with E-state index >= 15 is 0 Å². The summed E-state index contributed by atoms with van der Waals surface area (Å²) in [5.41, 5.74) is 0. The Morgan fingerprint density at radius 3 is 1.96 bits per heavy atom. The van der Waals surface area contributed by atoms with Crippen molar-refractivity contribution in [3.05, 3.63) is 24.2 Å². The number of carboxylic acids is 3. The van der Waals surface area contributed by atoms with Gasteiger partial charge in [-0.1, -0.05) is 0 Å². The van der Waals surface area contributed by atoms with Gasteiger partial charge >= 0.3 is 17.9 Å². The number of aromatic carboxylic acids is 1. The number of aliphatic hydroxyl groups is 1. The van der Waals surface area contributed by atoms with Gasteiger partial charge in [0.15, 0.2) is 12.2 Å². The standard InChI is InChI=1S/C5H8O4.C5H8O3.C5H4O3/c6-3-1-4(5(7)8)9-2-3;2*6-5(7)4-2-1-3-8-4/h3-4,6H,1-2H2,(H,7,8);4H,1-3H2,(H,6,7);1-3H,(H,6,7)/t3-,4+;;/m1../s1. The first-order valence-electron chi connectivity index (χ1n) is 7.45. The zero-order chi connectivity index (χ0) is 18.8. The van der Waals surface area contributed by atoms with Crippen LogP contribution in [0.25, 0.3) is 0 Å². The topological polar surface area (TPSA) is 164 Å². The molecule has 0 bridgehead atoms. The number of carbonyl (C=O) groups is 3. The molecular formula is C15H20O10. The molecule has 0 aliphatic carbocycles. The molecule has 10 nitrogen and oxygen atoms in total. The van der Waals surface area contributed by atoms with Crippen molar-refractivity contribution >= 4 is 17.9 Å². The minimum absolute atomic E-state index is 0.0231. The van der Waals surface area contributed by atoms with E-state index in [2.05, 4.69) is 9.15 Å². The average Bonchev–Trinajstić information content (AvgIpc) is 3.31. The molecule has 2 aliphatic heterocycles. The van der Waals surface area contributed by atoms with Crippen LogP contribution >= 0.6 is 0 Å². The summed E-state index contributed by atoms with van der Waals surface area (Å²) < 4.78 is 14.0. The fourth-order valence-corrected chi connectivity index (χ4v) is 1.96. The second kappa shape index (κ2) is 10.4. The van der Waals surface area contributed by atoms with Crippen LogP contribution in [0.1, 0.15) is 29.8 Å². The molecule has 2 aliphatic rings. The molecule has 140 valence electrons. The summed E-state index contributed by atoms with van der Waals surface area (Å²) in [6.07, 6.45) is 1.20. The van der Waals surface area contributed by atoms with Crippen molar-refractivity contribution in [2.24, 2.45) is 0 Å². The van der Waals surface area contributed by atoms with Gasteiger partial charge in [-0.15, -0.1) is 0 Å². The van der Waals surface area contributed by atoms with Crippen molar-refractivity contribution < 1.29 is 48.7 Å². The Balaban J connectivity index is 0.000000188. The molecule has 2 saturated heterocycles. The minimum atomic E-state index is -1.03. The lowest BCUT2D eigenvalue weighted by molar-refractivity contribution is -0.148. The fraction of sp³-hybridized carbons (Fsp3) is 0.533. The van der Waals surface area contributed by atoms with Crippen molar-refractivity contribution in [1.82, 2.24) is 0 Å². The van der Waals surface area contributed by atoms with E-state index in [0.717, 1.165) is 6.42 Å². The van der Waals surface area contributed by atoms with E-state index in [1.54, 1.807) is 0 Å². The molecule has 10 heteroatoms. The van der Waals surface area contributed by atoms with Crippen LogP contribution in [-0.2, 0) is 19.1 Å². The van der Waals surface area contributed by atoms with Crippen LogP contribution in [0, 0.1) is 0 Å². The number of aliphatic carboxylic acids is 2. The highest BCUT2D eigenvalue weighted by Crippen LogP contribution is 2.12. The van der Waals surface area contributed by atoms with Gasteiger partial charge in [0.05, 0.1) is 19.0 Å².